The first kappa shape index (κ1) is 14.2. The highest BCUT2D eigenvalue weighted by molar-refractivity contribution is 6.29. The van der Waals surface area contributed by atoms with Crippen LogP contribution < -0.4 is 10.1 Å². The Balaban J connectivity index is 1.92. The fourth-order valence-electron chi connectivity index (χ4n) is 1.78. The predicted octanol–water partition coefficient (Wildman–Crippen LogP) is 3.27. The van der Waals surface area contributed by atoms with Gasteiger partial charge in [0.25, 0.3) is 0 Å². The molecule has 0 aliphatic carbocycles. The average molecular weight is 288 g/mol. The van der Waals surface area contributed by atoms with Crippen LogP contribution in [0.5, 0.6) is 5.75 Å². The maximum Gasteiger partial charge on any atom is 0.132 e. The molecule has 0 aliphatic rings. The summed E-state index contributed by atoms with van der Waals surface area (Å²) in [5, 5.41) is 12.3. The van der Waals surface area contributed by atoms with E-state index in [1.807, 2.05) is 24.3 Å². The van der Waals surface area contributed by atoms with E-state index in [1.165, 1.54) is 11.6 Å². The van der Waals surface area contributed by atoms with Crippen molar-refractivity contribution in [2.45, 2.75) is 6.42 Å². The van der Waals surface area contributed by atoms with E-state index in [4.69, 9.17) is 21.6 Å². The summed E-state index contributed by atoms with van der Waals surface area (Å²) in [4.78, 5) is 4.12. The zero-order valence-corrected chi connectivity index (χ0v) is 11.8. The molecule has 0 saturated heterocycles. The third-order valence-electron chi connectivity index (χ3n) is 2.80. The number of halogens is 1. The minimum absolute atomic E-state index is 0.316. The Labute approximate surface area is 123 Å². The summed E-state index contributed by atoms with van der Waals surface area (Å²) >= 11 is 5.84. The molecule has 5 heteroatoms. The van der Waals surface area contributed by atoms with Gasteiger partial charge in [0.15, 0.2) is 0 Å². The van der Waals surface area contributed by atoms with Gasteiger partial charge in [-0.3, -0.25) is 0 Å². The van der Waals surface area contributed by atoms with Gasteiger partial charge in [0, 0.05) is 6.54 Å². The predicted molar refractivity (Wildman–Crippen MR) is 79.1 cm³/mol. The third-order valence-corrected chi connectivity index (χ3v) is 3.00. The van der Waals surface area contributed by atoms with E-state index in [0.717, 1.165) is 12.2 Å². The molecule has 1 aromatic heterocycles. The van der Waals surface area contributed by atoms with E-state index in [9.17, 15) is 0 Å². The molecule has 1 heterocycles. The van der Waals surface area contributed by atoms with Gasteiger partial charge in [-0.2, -0.15) is 5.26 Å². The van der Waals surface area contributed by atoms with E-state index in [0.29, 0.717) is 23.1 Å². The quantitative estimate of drug-likeness (QED) is 0.858. The van der Waals surface area contributed by atoms with Crippen LogP contribution in [-0.4, -0.2) is 18.6 Å². The Morgan fingerprint density at radius 3 is 2.70 bits per heavy atom. The first-order chi connectivity index (χ1) is 9.71. The third kappa shape index (κ3) is 3.87. The van der Waals surface area contributed by atoms with Gasteiger partial charge in [0.05, 0.1) is 18.7 Å². The maximum atomic E-state index is 8.86. The summed E-state index contributed by atoms with van der Waals surface area (Å²) in [5.74, 6) is 1.46. The number of pyridine rings is 1. The molecule has 0 spiro atoms. The Bertz CT molecular complexity index is 620. The molecule has 0 amide bonds. The zero-order chi connectivity index (χ0) is 14.4. The largest absolute Gasteiger partial charge is 0.497 e. The Morgan fingerprint density at radius 2 is 2.05 bits per heavy atom. The van der Waals surface area contributed by atoms with Crippen molar-refractivity contribution in [2.24, 2.45) is 0 Å². The summed E-state index contributed by atoms with van der Waals surface area (Å²) in [6, 6.07) is 13.2. The summed E-state index contributed by atoms with van der Waals surface area (Å²) in [6.07, 6.45) is 0.847. The molecule has 0 bridgehead atoms. The van der Waals surface area contributed by atoms with Gasteiger partial charge in [-0.1, -0.05) is 23.7 Å². The molecule has 2 rings (SSSR count). The number of hydrogen-bond acceptors (Lipinski definition) is 4. The fraction of sp³-hybridized carbons (Fsp3) is 0.200. The molecule has 4 nitrogen and oxygen atoms in total. The highest BCUT2D eigenvalue weighted by atomic mass is 35.5. The fourth-order valence-corrected chi connectivity index (χ4v) is 1.99. The number of nitrogens with zero attached hydrogens (tertiary/aromatic N) is 2. The van der Waals surface area contributed by atoms with E-state index in [1.54, 1.807) is 13.2 Å². The van der Waals surface area contributed by atoms with Crippen LogP contribution in [0.1, 0.15) is 11.1 Å². The summed E-state index contributed by atoms with van der Waals surface area (Å²) < 4.78 is 5.11. The lowest BCUT2D eigenvalue weighted by atomic mass is 10.1. The van der Waals surface area contributed by atoms with Crippen LogP contribution in [0.25, 0.3) is 0 Å². The monoisotopic (exact) mass is 287 g/mol. The van der Waals surface area contributed by atoms with Crippen LogP contribution in [-0.2, 0) is 6.42 Å². The molecule has 2 aromatic rings. The van der Waals surface area contributed by atoms with E-state index < -0.39 is 0 Å². The molecular weight excluding hydrogens is 274 g/mol. The number of nitrogens with one attached hydrogen (secondary N) is 1. The van der Waals surface area contributed by atoms with Gasteiger partial charge in [0.2, 0.25) is 0 Å². The van der Waals surface area contributed by atoms with Gasteiger partial charge in [0.1, 0.15) is 16.7 Å². The molecule has 0 atom stereocenters. The number of rotatable bonds is 5. The van der Waals surface area contributed by atoms with E-state index in [-0.39, 0.29) is 0 Å². The lowest BCUT2D eigenvalue weighted by Crippen LogP contribution is -2.06. The lowest BCUT2D eigenvalue weighted by Gasteiger charge is -2.07. The van der Waals surface area contributed by atoms with Gasteiger partial charge in [-0.25, -0.2) is 4.98 Å². The number of benzene rings is 1. The van der Waals surface area contributed by atoms with Crippen molar-refractivity contribution in [2.75, 3.05) is 19.0 Å². The Hall–Kier alpha value is -2.25. The van der Waals surface area contributed by atoms with Crippen molar-refractivity contribution < 1.29 is 4.74 Å². The Kier molecular flexibility index (Phi) is 4.80. The van der Waals surface area contributed by atoms with Crippen LogP contribution in [0, 0.1) is 11.3 Å². The molecule has 102 valence electrons. The zero-order valence-electron chi connectivity index (χ0n) is 11.1. The molecule has 0 fully saturated rings. The van der Waals surface area contributed by atoms with Crippen molar-refractivity contribution >= 4 is 17.4 Å². The molecule has 0 radical (unpaired) electrons. The minimum Gasteiger partial charge on any atom is -0.497 e. The molecule has 1 N–H and O–H groups in total. The normalized spacial score (nSPS) is 9.85. The van der Waals surface area contributed by atoms with Crippen molar-refractivity contribution in [3.63, 3.8) is 0 Å². The molecular formula is C15H14ClN3O. The van der Waals surface area contributed by atoms with Crippen LogP contribution in [0.4, 0.5) is 5.82 Å². The molecule has 0 aliphatic heterocycles. The lowest BCUT2D eigenvalue weighted by molar-refractivity contribution is 0.414. The highest BCUT2D eigenvalue weighted by Gasteiger charge is 2.01. The highest BCUT2D eigenvalue weighted by Crippen LogP contribution is 2.15. The van der Waals surface area contributed by atoms with Crippen LogP contribution in [0.3, 0.4) is 0 Å². The van der Waals surface area contributed by atoms with Crippen molar-refractivity contribution in [1.82, 2.24) is 4.98 Å². The standard InChI is InChI=1S/C15H14ClN3O/c1-20-13-4-2-11(3-5-13)6-7-18-15-9-12(10-17)8-14(16)19-15/h2-5,8-9H,6-7H2,1H3,(H,18,19). The smallest absolute Gasteiger partial charge is 0.132 e. The minimum atomic E-state index is 0.316. The summed E-state index contributed by atoms with van der Waals surface area (Å²) in [5.41, 5.74) is 1.69. The SMILES string of the molecule is COc1ccc(CCNc2cc(C#N)cc(Cl)n2)cc1. The van der Waals surface area contributed by atoms with Crippen LogP contribution in [0.2, 0.25) is 5.15 Å². The van der Waals surface area contributed by atoms with Crippen LogP contribution in [0.15, 0.2) is 36.4 Å². The molecule has 1 aromatic carbocycles. The number of anilines is 1. The second-order valence-electron chi connectivity index (χ2n) is 4.20. The van der Waals surface area contributed by atoms with Gasteiger partial charge in [-0.15, -0.1) is 0 Å². The first-order valence-corrected chi connectivity index (χ1v) is 6.53. The second-order valence-corrected chi connectivity index (χ2v) is 4.59. The van der Waals surface area contributed by atoms with Gasteiger partial charge in [-0.05, 0) is 36.2 Å². The number of methoxy groups -OCH3 is 1. The molecule has 0 saturated carbocycles. The maximum absolute atomic E-state index is 8.86. The second kappa shape index (κ2) is 6.78. The van der Waals surface area contributed by atoms with Gasteiger partial charge < -0.3 is 10.1 Å². The summed E-state index contributed by atoms with van der Waals surface area (Å²) in [7, 11) is 1.65. The van der Waals surface area contributed by atoms with E-state index in [2.05, 4.69) is 16.4 Å². The van der Waals surface area contributed by atoms with Crippen LogP contribution >= 0.6 is 11.6 Å². The topological polar surface area (TPSA) is 57.9 Å². The number of nitriles is 1. The van der Waals surface area contributed by atoms with Crippen molar-refractivity contribution in [3.8, 4) is 11.8 Å². The average Bonchev–Trinajstić information content (AvgIpc) is 2.47. The van der Waals surface area contributed by atoms with Gasteiger partial charge >= 0.3 is 0 Å². The van der Waals surface area contributed by atoms with E-state index >= 15 is 0 Å². The number of hydrogen-bond donors (Lipinski definition) is 1. The molecule has 0 unspecified atom stereocenters. The number of aromatic nitrogens is 1. The number of ether oxygens (including phenoxy) is 1. The summed E-state index contributed by atoms with van der Waals surface area (Å²) in [6.45, 7) is 0.713. The Morgan fingerprint density at radius 1 is 1.30 bits per heavy atom. The molecule has 20 heavy (non-hydrogen) atoms. The first-order valence-electron chi connectivity index (χ1n) is 6.16. The van der Waals surface area contributed by atoms with Crippen molar-refractivity contribution in [1.29, 1.82) is 5.26 Å². The van der Waals surface area contributed by atoms with Crippen molar-refractivity contribution in [3.05, 3.63) is 52.7 Å².